The number of carbonyl (C=O) groups is 1. The fourth-order valence-electron chi connectivity index (χ4n) is 3.91. The van der Waals surface area contributed by atoms with Gasteiger partial charge in [-0.25, -0.2) is 0 Å². The molecule has 8 heteroatoms. The molecule has 0 spiro atoms. The zero-order valence-corrected chi connectivity index (χ0v) is 16.0. The summed E-state index contributed by atoms with van der Waals surface area (Å²) in [6.45, 7) is 2.21. The number of hydrogen-bond donors (Lipinski definition) is 2. The summed E-state index contributed by atoms with van der Waals surface area (Å²) in [6, 6.07) is 4.74. The first-order chi connectivity index (χ1) is 13.0. The molecule has 0 saturated heterocycles. The zero-order valence-electron chi connectivity index (χ0n) is 15.2. The van der Waals surface area contributed by atoms with E-state index in [9.17, 15) is 14.9 Å². The SMILES string of the molecule is CC[C@@H]1CCc2c(sc3c2C(=O)N[C@H](c2ccc(OC)c([N+](=O)[O-])c2)N3)C1. The summed E-state index contributed by atoms with van der Waals surface area (Å²) < 4.78 is 5.05. The first kappa shape index (κ1) is 17.8. The number of amides is 1. The van der Waals surface area contributed by atoms with Crippen molar-refractivity contribution >= 4 is 27.9 Å². The molecule has 4 rings (SSSR count). The lowest BCUT2D eigenvalue weighted by Crippen LogP contribution is -2.38. The van der Waals surface area contributed by atoms with Crippen LogP contribution in [0.4, 0.5) is 10.7 Å². The molecule has 0 unspecified atom stereocenters. The molecule has 1 aliphatic heterocycles. The van der Waals surface area contributed by atoms with Crippen molar-refractivity contribution in [1.82, 2.24) is 5.32 Å². The lowest BCUT2D eigenvalue weighted by molar-refractivity contribution is -0.385. The van der Waals surface area contributed by atoms with Crippen LogP contribution in [-0.2, 0) is 12.8 Å². The van der Waals surface area contributed by atoms with Gasteiger partial charge < -0.3 is 15.4 Å². The molecule has 1 aliphatic carbocycles. The van der Waals surface area contributed by atoms with Crippen molar-refractivity contribution in [2.45, 2.75) is 38.8 Å². The summed E-state index contributed by atoms with van der Waals surface area (Å²) in [6.07, 6.45) is 3.73. The number of benzene rings is 1. The quantitative estimate of drug-likeness (QED) is 0.610. The molecule has 1 amide bonds. The Hall–Kier alpha value is -2.61. The molecule has 2 heterocycles. The number of methoxy groups -OCH3 is 1. The van der Waals surface area contributed by atoms with Gasteiger partial charge >= 0.3 is 5.69 Å². The van der Waals surface area contributed by atoms with Crippen LogP contribution in [0, 0.1) is 16.0 Å². The van der Waals surface area contributed by atoms with Gasteiger partial charge in [-0.05, 0) is 36.8 Å². The molecule has 2 aliphatic rings. The maximum absolute atomic E-state index is 12.8. The summed E-state index contributed by atoms with van der Waals surface area (Å²) >= 11 is 1.65. The second-order valence-corrected chi connectivity index (χ2v) is 8.07. The molecular weight excluding hydrogens is 366 g/mol. The molecule has 1 aromatic carbocycles. The van der Waals surface area contributed by atoms with E-state index in [4.69, 9.17) is 4.74 Å². The van der Waals surface area contributed by atoms with Gasteiger partial charge in [0.2, 0.25) is 0 Å². The first-order valence-corrected chi connectivity index (χ1v) is 9.87. The number of fused-ring (bicyclic) bond motifs is 3. The van der Waals surface area contributed by atoms with Gasteiger partial charge in [0, 0.05) is 16.5 Å². The topological polar surface area (TPSA) is 93.5 Å². The first-order valence-electron chi connectivity index (χ1n) is 9.06. The number of thiophene rings is 1. The second-order valence-electron chi connectivity index (χ2n) is 6.96. The molecule has 0 saturated carbocycles. The maximum atomic E-state index is 12.8. The van der Waals surface area contributed by atoms with Crippen molar-refractivity contribution in [2.24, 2.45) is 5.92 Å². The fraction of sp³-hybridized carbons (Fsp3) is 0.421. The molecule has 2 N–H and O–H groups in total. The Kier molecular flexibility index (Phi) is 4.51. The third kappa shape index (κ3) is 3.03. The average molecular weight is 387 g/mol. The Bertz CT molecular complexity index is 924. The Balaban J connectivity index is 1.67. The van der Waals surface area contributed by atoms with E-state index in [0.29, 0.717) is 11.5 Å². The summed E-state index contributed by atoms with van der Waals surface area (Å²) in [7, 11) is 1.40. The van der Waals surface area contributed by atoms with Crippen LogP contribution >= 0.6 is 11.3 Å². The van der Waals surface area contributed by atoms with Crippen LogP contribution in [0.3, 0.4) is 0 Å². The van der Waals surface area contributed by atoms with Crippen LogP contribution in [0.2, 0.25) is 0 Å². The van der Waals surface area contributed by atoms with Crippen molar-refractivity contribution in [3.63, 3.8) is 0 Å². The number of nitro benzene ring substituents is 1. The van der Waals surface area contributed by atoms with Gasteiger partial charge in [0.15, 0.2) is 5.75 Å². The van der Waals surface area contributed by atoms with E-state index < -0.39 is 11.1 Å². The summed E-state index contributed by atoms with van der Waals surface area (Å²) in [5, 5.41) is 18.5. The summed E-state index contributed by atoms with van der Waals surface area (Å²) in [5.41, 5.74) is 2.43. The smallest absolute Gasteiger partial charge is 0.311 e. The number of hydrogen-bond acceptors (Lipinski definition) is 6. The van der Waals surface area contributed by atoms with Crippen molar-refractivity contribution < 1.29 is 14.5 Å². The highest BCUT2D eigenvalue weighted by Gasteiger charge is 2.34. The number of nitro groups is 1. The van der Waals surface area contributed by atoms with Crippen LogP contribution in [0.25, 0.3) is 0 Å². The minimum Gasteiger partial charge on any atom is -0.490 e. The fourth-order valence-corrected chi connectivity index (χ4v) is 5.30. The van der Waals surface area contributed by atoms with E-state index in [-0.39, 0.29) is 17.3 Å². The van der Waals surface area contributed by atoms with E-state index >= 15 is 0 Å². The van der Waals surface area contributed by atoms with E-state index in [2.05, 4.69) is 17.6 Å². The second kappa shape index (κ2) is 6.84. The minimum atomic E-state index is -0.503. The predicted molar refractivity (Wildman–Crippen MR) is 104 cm³/mol. The molecule has 0 bridgehead atoms. The molecular formula is C19H21N3O4S. The Labute approximate surface area is 160 Å². The van der Waals surface area contributed by atoms with Gasteiger partial charge in [-0.15, -0.1) is 11.3 Å². The highest BCUT2D eigenvalue weighted by atomic mass is 32.1. The normalized spacial score (nSPS) is 20.9. The zero-order chi connectivity index (χ0) is 19.1. The van der Waals surface area contributed by atoms with Crippen LogP contribution in [-0.4, -0.2) is 17.9 Å². The van der Waals surface area contributed by atoms with Crippen molar-refractivity contribution in [1.29, 1.82) is 0 Å². The van der Waals surface area contributed by atoms with Crippen molar-refractivity contribution in [3.8, 4) is 5.75 Å². The van der Waals surface area contributed by atoms with Crippen molar-refractivity contribution in [2.75, 3.05) is 12.4 Å². The number of nitrogens with zero attached hydrogens (tertiary/aromatic N) is 1. The monoisotopic (exact) mass is 387 g/mol. The number of anilines is 1. The van der Waals surface area contributed by atoms with Crippen molar-refractivity contribution in [3.05, 3.63) is 49.9 Å². The molecule has 27 heavy (non-hydrogen) atoms. The van der Waals surface area contributed by atoms with Gasteiger partial charge in [0.1, 0.15) is 11.2 Å². The average Bonchev–Trinajstić information content (AvgIpc) is 3.05. The van der Waals surface area contributed by atoms with Crippen LogP contribution < -0.4 is 15.4 Å². The van der Waals surface area contributed by atoms with Gasteiger partial charge in [0.25, 0.3) is 5.91 Å². The third-order valence-electron chi connectivity index (χ3n) is 5.46. The van der Waals surface area contributed by atoms with Gasteiger partial charge in [0.05, 0.1) is 17.6 Å². The molecule has 2 aromatic rings. The number of carbonyl (C=O) groups excluding carboxylic acids is 1. The Morgan fingerprint density at radius 1 is 1.37 bits per heavy atom. The number of nitrogens with one attached hydrogen (secondary N) is 2. The standard InChI is InChI=1S/C19H21N3O4S/c1-3-10-4-6-12-15(8-10)27-19-16(12)18(23)20-17(21-19)11-5-7-14(26-2)13(9-11)22(24)25/h5,7,9-10,17,21H,3-4,6,8H2,1-2H3,(H,20,23)/t10-,17+/m1/s1. The molecule has 0 fully saturated rings. The molecule has 0 radical (unpaired) electrons. The summed E-state index contributed by atoms with van der Waals surface area (Å²) in [5.74, 6) is 0.768. The van der Waals surface area contributed by atoms with E-state index in [1.165, 1.54) is 23.6 Å². The molecule has 7 nitrogen and oxygen atoms in total. The van der Waals surface area contributed by atoms with Gasteiger partial charge in [-0.2, -0.15) is 0 Å². The minimum absolute atomic E-state index is 0.111. The number of ether oxygens (including phenoxy) is 1. The van der Waals surface area contributed by atoms with Crippen LogP contribution in [0.5, 0.6) is 5.75 Å². The third-order valence-corrected chi connectivity index (χ3v) is 6.64. The molecule has 2 atom stereocenters. The highest BCUT2D eigenvalue weighted by Crippen LogP contribution is 2.43. The van der Waals surface area contributed by atoms with E-state index in [1.54, 1.807) is 23.5 Å². The molecule has 142 valence electrons. The maximum Gasteiger partial charge on any atom is 0.311 e. The van der Waals surface area contributed by atoms with Gasteiger partial charge in [-0.1, -0.05) is 19.4 Å². The lowest BCUT2D eigenvalue weighted by Gasteiger charge is -2.27. The van der Waals surface area contributed by atoms with Crippen LogP contribution in [0.15, 0.2) is 18.2 Å². The van der Waals surface area contributed by atoms with E-state index in [0.717, 1.165) is 36.2 Å². The Morgan fingerprint density at radius 2 is 2.19 bits per heavy atom. The van der Waals surface area contributed by atoms with Gasteiger partial charge in [-0.3, -0.25) is 14.9 Å². The van der Waals surface area contributed by atoms with E-state index in [1.807, 2.05) is 0 Å². The Morgan fingerprint density at radius 3 is 2.89 bits per heavy atom. The predicted octanol–water partition coefficient (Wildman–Crippen LogP) is 4.03. The lowest BCUT2D eigenvalue weighted by atomic mass is 9.85. The summed E-state index contributed by atoms with van der Waals surface area (Å²) in [4.78, 5) is 24.9. The highest BCUT2D eigenvalue weighted by molar-refractivity contribution is 7.16. The molecule has 1 aromatic heterocycles. The van der Waals surface area contributed by atoms with Crippen LogP contribution in [0.1, 0.15) is 52.3 Å². The largest absolute Gasteiger partial charge is 0.490 e. The number of rotatable bonds is 4.